The lowest BCUT2D eigenvalue weighted by atomic mass is 10.0. The molecule has 0 fully saturated rings. The van der Waals surface area contributed by atoms with Crippen LogP contribution >= 0.6 is 0 Å². The van der Waals surface area contributed by atoms with Gasteiger partial charge < -0.3 is 14.9 Å². The molecule has 0 aromatic heterocycles. The Morgan fingerprint density at radius 1 is 0.643 bits per heavy atom. The predicted octanol–water partition coefficient (Wildman–Crippen LogP) is 7.91. The average molecular weight is 393 g/mol. The highest BCUT2D eigenvalue weighted by atomic mass is 16.5. The first-order valence-electron chi connectivity index (χ1n) is 11.9. The van der Waals surface area contributed by atoms with Crippen LogP contribution in [-0.4, -0.2) is 16.8 Å². The van der Waals surface area contributed by atoms with E-state index in [4.69, 9.17) is 4.74 Å². The first-order valence-corrected chi connectivity index (χ1v) is 11.9. The number of rotatable bonds is 18. The molecule has 3 nitrogen and oxygen atoms in total. The van der Waals surface area contributed by atoms with Gasteiger partial charge in [0.05, 0.1) is 6.61 Å². The van der Waals surface area contributed by atoms with Crippen LogP contribution in [0.1, 0.15) is 116 Å². The molecule has 162 valence electrons. The fourth-order valence-corrected chi connectivity index (χ4v) is 3.64. The number of hydrogen-bond acceptors (Lipinski definition) is 3. The van der Waals surface area contributed by atoms with Gasteiger partial charge in [-0.2, -0.15) is 0 Å². The van der Waals surface area contributed by atoms with E-state index in [0.717, 1.165) is 24.8 Å². The maximum absolute atomic E-state index is 10.2. The standard InChI is InChI=1S/C25H44O3/c1-3-5-7-9-10-11-12-13-14-15-17-21-28-25-22(18-16-8-6-4-2)19-20-23(26)24(25)27/h19-20,26-27H,3-18,21H2,1-2H3. The third kappa shape index (κ3) is 10.8. The maximum atomic E-state index is 10.2. The van der Waals surface area contributed by atoms with E-state index in [9.17, 15) is 10.2 Å². The molecule has 2 N–H and O–H groups in total. The Hall–Kier alpha value is -1.38. The van der Waals surface area contributed by atoms with Gasteiger partial charge in [-0.3, -0.25) is 0 Å². The van der Waals surface area contributed by atoms with E-state index in [2.05, 4.69) is 13.8 Å². The van der Waals surface area contributed by atoms with Crippen LogP contribution in [0.2, 0.25) is 0 Å². The van der Waals surface area contributed by atoms with Gasteiger partial charge in [0.25, 0.3) is 0 Å². The summed E-state index contributed by atoms with van der Waals surface area (Å²) in [6.45, 7) is 5.07. The van der Waals surface area contributed by atoms with E-state index < -0.39 is 0 Å². The largest absolute Gasteiger partial charge is 0.504 e. The van der Waals surface area contributed by atoms with Crippen LogP contribution in [-0.2, 0) is 6.42 Å². The van der Waals surface area contributed by atoms with Crippen molar-refractivity contribution in [2.24, 2.45) is 0 Å². The molecule has 1 aromatic rings. The summed E-state index contributed by atoms with van der Waals surface area (Å²) >= 11 is 0. The minimum absolute atomic E-state index is 0.0914. The van der Waals surface area contributed by atoms with E-state index in [0.29, 0.717) is 12.4 Å². The number of phenolic OH excluding ortho intramolecular Hbond substituents is 2. The zero-order chi connectivity index (χ0) is 20.5. The van der Waals surface area contributed by atoms with Crippen molar-refractivity contribution in [1.29, 1.82) is 0 Å². The minimum atomic E-state index is -0.101. The number of hydrogen-bond donors (Lipinski definition) is 2. The zero-order valence-corrected chi connectivity index (χ0v) is 18.5. The van der Waals surface area contributed by atoms with Crippen molar-refractivity contribution < 1.29 is 14.9 Å². The third-order valence-electron chi connectivity index (χ3n) is 5.49. The highest BCUT2D eigenvalue weighted by molar-refractivity contribution is 5.54. The lowest BCUT2D eigenvalue weighted by Crippen LogP contribution is -2.01. The fraction of sp³-hybridized carbons (Fsp3) is 0.760. The van der Waals surface area contributed by atoms with Crippen molar-refractivity contribution in [2.75, 3.05) is 6.61 Å². The molecule has 0 saturated carbocycles. The normalized spacial score (nSPS) is 11.1. The SMILES string of the molecule is CCCCCCCCCCCCCOc1c(CCCCCC)ccc(O)c1O. The quantitative estimate of drug-likeness (QED) is 0.197. The molecule has 0 aliphatic carbocycles. The summed E-state index contributed by atoms with van der Waals surface area (Å²) in [5.41, 5.74) is 1.01. The maximum Gasteiger partial charge on any atom is 0.200 e. The van der Waals surface area contributed by atoms with Gasteiger partial charge in [-0.25, -0.2) is 0 Å². The second-order valence-corrected chi connectivity index (χ2v) is 8.12. The Bertz CT molecular complexity index is 499. The second-order valence-electron chi connectivity index (χ2n) is 8.12. The van der Waals surface area contributed by atoms with Gasteiger partial charge in [0.15, 0.2) is 11.5 Å². The molecular formula is C25H44O3. The number of aromatic hydroxyl groups is 2. The summed E-state index contributed by atoms with van der Waals surface area (Å²) in [7, 11) is 0. The molecule has 0 aliphatic heterocycles. The van der Waals surface area contributed by atoms with Crippen LogP contribution in [0.5, 0.6) is 17.2 Å². The molecule has 3 heteroatoms. The predicted molar refractivity (Wildman–Crippen MR) is 120 cm³/mol. The summed E-state index contributed by atoms with van der Waals surface area (Å²) in [5, 5.41) is 20.0. The number of unbranched alkanes of at least 4 members (excludes halogenated alkanes) is 13. The summed E-state index contributed by atoms with van der Waals surface area (Å²) in [4.78, 5) is 0. The molecule has 1 aromatic carbocycles. The lowest BCUT2D eigenvalue weighted by molar-refractivity contribution is 0.280. The van der Waals surface area contributed by atoms with Crippen molar-refractivity contribution in [3.05, 3.63) is 17.7 Å². The van der Waals surface area contributed by atoms with Gasteiger partial charge >= 0.3 is 0 Å². The van der Waals surface area contributed by atoms with E-state index in [1.54, 1.807) is 6.07 Å². The van der Waals surface area contributed by atoms with Crippen LogP contribution in [0.15, 0.2) is 12.1 Å². The van der Waals surface area contributed by atoms with Gasteiger partial charge in [-0.15, -0.1) is 0 Å². The van der Waals surface area contributed by atoms with Crippen LogP contribution in [0.4, 0.5) is 0 Å². The minimum Gasteiger partial charge on any atom is -0.504 e. The van der Waals surface area contributed by atoms with Gasteiger partial charge in [-0.05, 0) is 30.9 Å². The third-order valence-corrected chi connectivity index (χ3v) is 5.49. The van der Waals surface area contributed by atoms with Crippen molar-refractivity contribution in [2.45, 2.75) is 117 Å². The fourth-order valence-electron chi connectivity index (χ4n) is 3.64. The van der Waals surface area contributed by atoms with Gasteiger partial charge in [0.2, 0.25) is 5.75 Å². The molecule has 0 bridgehead atoms. The lowest BCUT2D eigenvalue weighted by Gasteiger charge is -2.14. The number of benzene rings is 1. The summed E-state index contributed by atoms with van der Waals surface area (Å²) in [6, 6.07) is 3.45. The van der Waals surface area contributed by atoms with E-state index in [1.165, 1.54) is 83.5 Å². The number of ether oxygens (including phenoxy) is 1. The highest BCUT2D eigenvalue weighted by Gasteiger charge is 2.13. The monoisotopic (exact) mass is 392 g/mol. The van der Waals surface area contributed by atoms with E-state index in [-0.39, 0.29) is 11.5 Å². The van der Waals surface area contributed by atoms with Crippen molar-refractivity contribution in [3.8, 4) is 17.2 Å². The van der Waals surface area contributed by atoms with Crippen molar-refractivity contribution in [3.63, 3.8) is 0 Å². The van der Waals surface area contributed by atoms with Gasteiger partial charge in [-0.1, -0.05) is 103 Å². The molecule has 0 heterocycles. The highest BCUT2D eigenvalue weighted by Crippen LogP contribution is 2.39. The molecule has 0 radical (unpaired) electrons. The van der Waals surface area contributed by atoms with Gasteiger partial charge in [0.1, 0.15) is 0 Å². The first kappa shape index (κ1) is 24.7. The molecule has 0 aliphatic rings. The Kier molecular flexibility index (Phi) is 14.6. The molecule has 0 atom stereocenters. The molecule has 1 rings (SSSR count). The molecular weight excluding hydrogens is 348 g/mol. The van der Waals surface area contributed by atoms with E-state index in [1.807, 2.05) is 6.07 Å². The average Bonchev–Trinajstić information content (AvgIpc) is 2.70. The summed E-state index contributed by atoms with van der Waals surface area (Å²) in [5.74, 6) is 0.297. The smallest absolute Gasteiger partial charge is 0.200 e. The van der Waals surface area contributed by atoms with E-state index >= 15 is 0 Å². The number of phenols is 2. The molecule has 28 heavy (non-hydrogen) atoms. The van der Waals surface area contributed by atoms with Crippen LogP contribution in [0.25, 0.3) is 0 Å². The van der Waals surface area contributed by atoms with Crippen LogP contribution < -0.4 is 4.74 Å². The summed E-state index contributed by atoms with van der Waals surface area (Å²) in [6.07, 6.45) is 20.0. The second kappa shape index (κ2) is 16.6. The Morgan fingerprint density at radius 3 is 1.71 bits per heavy atom. The Labute approximate surface area is 173 Å². The van der Waals surface area contributed by atoms with Gasteiger partial charge in [0, 0.05) is 0 Å². The molecule has 0 saturated heterocycles. The summed E-state index contributed by atoms with van der Waals surface area (Å²) < 4.78 is 5.88. The van der Waals surface area contributed by atoms with Crippen molar-refractivity contribution in [1.82, 2.24) is 0 Å². The molecule has 0 amide bonds. The van der Waals surface area contributed by atoms with Crippen LogP contribution in [0, 0.1) is 0 Å². The zero-order valence-electron chi connectivity index (χ0n) is 18.5. The first-order chi connectivity index (χ1) is 13.7. The van der Waals surface area contributed by atoms with Crippen LogP contribution in [0.3, 0.4) is 0 Å². The molecule has 0 unspecified atom stereocenters. The topological polar surface area (TPSA) is 49.7 Å². The Balaban J connectivity index is 2.19. The molecule has 0 spiro atoms. The number of aryl methyl sites for hydroxylation is 1. The Morgan fingerprint density at radius 2 is 1.14 bits per heavy atom. The van der Waals surface area contributed by atoms with Crippen molar-refractivity contribution >= 4 is 0 Å².